The number of methoxy groups -OCH3 is 2. The molecule has 1 aromatic carbocycles. The van der Waals surface area contributed by atoms with Crippen LogP contribution in [-0.2, 0) is 9.53 Å². The largest absolute Gasteiger partial charge is 0.496 e. The van der Waals surface area contributed by atoms with Crippen LogP contribution in [0.25, 0.3) is 0 Å². The molecule has 0 saturated carbocycles. The third kappa shape index (κ3) is 5.02. The minimum absolute atomic E-state index is 0.102. The van der Waals surface area contributed by atoms with Crippen LogP contribution >= 0.6 is 0 Å². The average molecular weight is 529 g/mol. The van der Waals surface area contributed by atoms with Crippen LogP contribution in [0, 0.1) is 0 Å². The minimum Gasteiger partial charge on any atom is -0.496 e. The quantitative estimate of drug-likeness (QED) is 0.308. The van der Waals surface area contributed by atoms with Crippen molar-refractivity contribution < 1.29 is 23.7 Å². The maximum Gasteiger partial charge on any atom is 0.265 e. The van der Waals surface area contributed by atoms with Crippen LogP contribution in [-0.4, -0.2) is 71.8 Å². The molecule has 39 heavy (non-hydrogen) atoms. The van der Waals surface area contributed by atoms with Gasteiger partial charge in [0.25, 0.3) is 11.7 Å². The number of pyridine rings is 1. The molecule has 2 unspecified atom stereocenters. The summed E-state index contributed by atoms with van der Waals surface area (Å²) in [6.45, 7) is 0.979. The predicted molar refractivity (Wildman–Crippen MR) is 147 cm³/mol. The maximum absolute atomic E-state index is 13.0. The number of anilines is 1. The second-order valence-electron chi connectivity index (χ2n) is 9.19. The molecule has 2 amide bonds. The molecular formula is C28H30N7O4+. The van der Waals surface area contributed by atoms with Crippen molar-refractivity contribution in [3.05, 3.63) is 89.7 Å². The van der Waals surface area contributed by atoms with E-state index in [2.05, 4.69) is 15.3 Å². The summed E-state index contributed by atoms with van der Waals surface area (Å²) in [5.41, 5.74) is 2.40. The number of carbonyl (C=O) groups is 2. The molecule has 1 aromatic heterocycles. The van der Waals surface area contributed by atoms with Gasteiger partial charge in [0.15, 0.2) is 0 Å². The Labute approximate surface area is 226 Å². The van der Waals surface area contributed by atoms with Gasteiger partial charge in [0, 0.05) is 25.9 Å². The number of rotatable bonds is 8. The Kier molecular flexibility index (Phi) is 7.46. The Hall–Kier alpha value is -4.45. The van der Waals surface area contributed by atoms with Crippen molar-refractivity contribution in [3.8, 4) is 5.75 Å². The standard InChI is InChI=1S/C28H29N7O4/c1-38-16-6-9-25(36)34-14-5-7-21(34)26-22-18-30-13-15-35(22,29)27(33-26)19-10-11-20(23(17-19)39-2)28(37)32-24-8-3-4-12-31-24/h3-4,6,8-13,15,17-18,21H,5,7,14,16,29H2,1-2H3/p+1/b9-6+. The monoisotopic (exact) mass is 528 g/mol. The Morgan fingerprint density at radius 3 is 2.90 bits per heavy atom. The first kappa shape index (κ1) is 26.2. The number of benzene rings is 1. The number of allylic oxidation sites excluding steroid dienone is 1. The van der Waals surface area contributed by atoms with E-state index in [4.69, 9.17) is 20.3 Å². The summed E-state index contributed by atoms with van der Waals surface area (Å²) in [6.07, 6.45) is 11.5. The van der Waals surface area contributed by atoms with Gasteiger partial charge in [-0.25, -0.2) is 4.98 Å². The number of hydrogen-bond donors (Lipinski definition) is 2. The van der Waals surface area contributed by atoms with Crippen molar-refractivity contribution in [2.75, 3.05) is 32.7 Å². The molecule has 3 aliphatic heterocycles. The molecule has 3 N–H and O–H groups in total. The number of amidine groups is 1. The zero-order chi connectivity index (χ0) is 27.4. The normalized spacial score (nSPS) is 21.9. The lowest BCUT2D eigenvalue weighted by Gasteiger charge is -2.27. The molecule has 11 nitrogen and oxygen atoms in total. The Balaban J connectivity index is 1.48. The number of nitrogens with one attached hydrogen (secondary N) is 1. The van der Waals surface area contributed by atoms with E-state index < -0.39 is 0 Å². The number of nitrogens with two attached hydrogens (primary N) is 1. The van der Waals surface area contributed by atoms with Gasteiger partial charge in [0.05, 0.1) is 43.3 Å². The SMILES string of the molecule is COC/C=C/C(=O)N1CCCC1C1=C2C=NC=C[N+]2(N)C(c2ccc(C(=O)Nc3ccccn3)c(OC)c2)=N1. The van der Waals surface area contributed by atoms with E-state index in [-0.39, 0.29) is 22.4 Å². The number of aromatic nitrogens is 1. The van der Waals surface area contributed by atoms with E-state index in [0.717, 1.165) is 12.8 Å². The van der Waals surface area contributed by atoms with E-state index in [1.165, 1.54) is 13.2 Å². The summed E-state index contributed by atoms with van der Waals surface area (Å²) in [5.74, 6) is 7.79. The second kappa shape index (κ2) is 11.1. The highest BCUT2D eigenvalue weighted by Gasteiger charge is 2.48. The van der Waals surface area contributed by atoms with Crippen LogP contribution in [0.3, 0.4) is 0 Å². The van der Waals surface area contributed by atoms with E-state index in [1.807, 2.05) is 4.90 Å². The number of fused-ring (bicyclic) bond motifs is 1. The van der Waals surface area contributed by atoms with Crippen LogP contribution in [0.4, 0.5) is 5.82 Å². The molecule has 0 spiro atoms. The van der Waals surface area contributed by atoms with Gasteiger partial charge in [-0.1, -0.05) is 12.1 Å². The molecule has 1 saturated heterocycles. The number of amides is 2. The van der Waals surface area contributed by atoms with Gasteiger partial charge in [-0.15, -0.1) is 4.59 Å². The minimum atomic E-state index is -0.353. The second-order valence-corrected chi connectivity index (χ2v) is 9.19. The van der Waals surface area contributed by atoms with Crippen LogP contribution < -0.4 is 15.9 Å². The molecule has 0 bridgehead atoms. The van der Waals surface area contributed by atoms with Crippen molar-refractivity contribution >= 4 is 29.7 Å². The third-order valence-corrected chi connectivity index (χ3v) is 6.81. The summed E-state index contributed by atoms with van der Waals surface area (Å²) in [7, 11) is 3.08. The summed E-state index contributed by atoms with van der Waals surface area (Å²) >= 11 is 0. The van der Waals surface area contributed by atoms with Gasteiger partial charge < -0.3 is 19.7 Å². The van der Waals surface area contributed by atoms with Crippen LogP contribution in [0.5, 0.6) is 5.75 Å². The number of carbonyl (C=O) groups excluding carboxylic acids is 2. The molecular weight excluding hydrogens is 498 g/mol. The number of hydrogen-bond acceptors (Lipinski definition) is 8. The lowest BCUT2D eigenvalue weighted by atomic mass is 10.1. The zero-order valence-corrected chi connectivity index (χ0v) is 21.8. The fourth-order valence-corrected chi connectivity index (χ4v) is 4.94. The molecule has 2 atom stereocenters. The summed E-state index contributed by atoms with van der Waals surface area (Å²) in [6, 6.07) is 10.2. The Bertz CT molecular complexity index is 1430. The van der Waals surface area contributed by atoms with E-state index in [9.17, 15) is 9.59 Å². The van der Waals surface area contributed by atoms with Gasteiger partial charge in [0.2, 0.25) is 11.6 Å². The van der Waals surface area contributed by atoms with Crippen LogP contribution in [0.2, 0.25) is 0 Å². The van der Waals surface area contributed by atoms with Gasteiger partial charge in [-0.05, 0) is 43.2 Å². The lowest BCUT2D eigenvalue weighted by molar-refractivity contribution is -0.750. The van der Waals surface area contributed by atoms with E-state index in [0.29, 0.717) is 53.1 Å². The molecule has 3 aliphatic rings. The smallest absolute Gasteiger partial charge is 0.265 e. The molecule has 2 aromatic rings. The number of nitrogens with zero attached hydrogens (tertiary/aromatic N) is 5. The number of ether oxygens (including phenoxy) is 2. The first-order valence-corrected chi connectivity index (χ1v) is 12.6. The highest BCUT2D eigenvalue weighted by Crippen LogP contribution is 2.38. The van der Waals surface area contributed by atoms with Gasteiger partial charge >= 0.3 is 0 Å². The lowest BCUT2D eigenvalue weighted by Crippen LogP contribution is -2.53. The summed E-state index contributed by atoms with van der Waals surface area (Å²) in [5, 5.41) is 2.78. The molecule has 0 aliphatic carbocycles. The topological polar surface area (TPSA) is 132 Å². The Morgan fingerprint density at radius 1 is 1.26 bits per heavy atom. The molecule has 4 heterocycles. The molecule has 0 radical (unpaired) electrons. The predicted octanol–water partition coefficient (Wildman–Crippen LogP) is 2.75. The van der Waals surface area contributed by atoms with Crippen molar-refractivity contribution in [1.82, 2.24) is 9.88 Å². The first-order valence-electron chi connectivity index (χ1n) is 12.6. The number of quaternary nitrogens is 1. The van der Waals surface area contributed by atoms with Crippen molar-refractivity contribution in [2.24, 2.45) is 15.8 Å². The molecule has 11 heteroatoms. The molecule has 1 fully saturated rings. The van der Waals surface area contributed by atoms with Crippen molar-refractivity contribution in [1.29, 1.82) is 0 Å². The average Bonchev–Trinajstić information content (AvgIpc) is 3.55. The molecule has 5 rings (SSSR count). The zero-order valence-electron chi connectivity index (χ0n) is 21.8. The Morgan fingerprint density at radius 2 is 2.13 bits per heavy atom. The van der Waals surface area contributed by atoms with E-state index >= 15 is 0 Å². The van der Waals surface area contributed by atoms with E-state index in [1.54, 1.807) is 74.4 Å². The fraction of sp³-hybridized carbons (Fsp3) is 0.250. The van der Waals surface area contributed by atoms with Crippen LogP contribution in [0.15, 0.2) is 88.5 Å². The van der Waals surface area contributed by atoms with Crippen molar-refractivity contribution in [3.63, 3.8) is 0 Å². The first-order chi connectivity index (χ1) is 19.0. The number of aliphatic imine (C=N–C) groups is 2. The van der Waals surface area contributed by atoms with Crippen LogP contribution in [0.1, 0.15) is 28.8 Å². The third-order valence-electron chi connectivity index (χ3n) is 6.81. The fourth-order valence-electron chi connectivity index (χ4n) is 4.94. The maximum atomic E-state index is 13.0. The summed E-state index contributed by atoms with van der Waals surface area (Å²) in [4.78, 5) is 41.2. The van der Waals surface area contributed by atoms with Gasteiger partial charge in [-0.2, -0.15) is 10.8 Å². The van der Waals surface area contributed by atoms with Crippen molar-refractivity contribution in [2.45, 2.75) is 18.9 Å². The highest BCUT2D eigenvalue weighted by atomic mass is 16.5. The van der Waals surface area contributed by atoms with Gasteiger partial charge in [-0.3, -0.25) is 14.6 Å². The molecule has 200 valence electrons. The highest BCUT2D eigenvalue weighted by molar-refractivity contribution is 6.07. The summed E-state index contributed by atoms with van der Waals surface area (Å²) < 4.78 is 10.4. The van der Waals surface area contributed by atoms with Gasteiger partial charge in [0.1, 0.15) is 23.5 Å². The number of likely N-dealkylation sites (tertiary alicyclic amines) is 1.